The summed E-state index contributed by atoms with van der Waals surface area (Å²) < 4.78 is 5.76. The van der Waals surface area contributed by atoms with E-state index in [1.54, 1.807) is 6.08 Å². The van der Waals surface area contributed by atoms with Gasteiger partial charge in [-0.15, -0.1) is 6.58 Å². The van der Waals surface area contributed by atoms with Crippen LogP contribution in [0.15, 0.2) is 36.9 Å². The monoisotopic (exact) mass is 260 g/mol. The standard InChI is InChI=1S/C14H16N2O3/c1-2-7-15-14(18)16-10-11(17)13-9-6-4-3-5-8(9)12(10)19-13/h2-6,10-13,17H,1,7H2,(H2,15,16,18)/t10-,11-,12-,13+/m0/s1. The third kappa shape index (κ3) is 1.91. The summed E-state index contributed by atoms with van der Waals surface area (Å²) >= 11 is 0. The first kappa shape index (κ1) is 12.2. The van der Waals surface area contributed by atoms with Gasteiger partial charge in [-0.3, -0.25) is 0 Å². The van der Waals surface area contributed by atoms with Crippen LogP contribution in [0.25, 0.3) is 0 Å². The highest BCUT2D eigenvalue weighted by Gasteiger charge is 2.52. The summed E-state index contributed by atoms with van der Waals surface area (Å²) in [4.78, 5) is 11.7. The number of carbonyl (C=O) groups is 1. The first-order valence-corrected chi connectivity index (χ1v) is 6.30. The number of ether oxygens (including phenoxy) is 1. The number of urea groups is 1. The molecule has 0 aliphatic carbocycles. The number of amides is 2. The maximum atomic E-state index is 11.7. The van der Waals surface area contributed by atoms with E-state index < -0.39 is 12.1 Å². The molecule has 0 radical (unpaired) electrons. The second-order valence-electron chi connectivity index (χ2n) is 4.77. The largest absolute Gasteiger partial charge is 0.388 e. The van der Waals surface area contributed by atoms with Gasteiger partial charge in [0, 0.05) is 6.54 Å². The Morgan fingerprint density at radius 2 is 2.05 bits per heavy atom. The van der Waals surface area contributed by atoms with E-state index in [1.165, 1.54) is 0 Å². The van der Waals surface area contributed by atoms with Crippen LogP contribution in [0, 0.1) is 0 Å². The summed E-state index contributed by atoms with van der Waals surface area (Å²) in [5.41, 5.74) is 2.07. The van der Waals surface area contributed by atoms with Crippen LogP contribution in [0.5, 0.6) is 0 Å². The normalized spacial score (nSPS) is 30.8. The van der Waals surface area contributed by atoms with E-state index in [1.807, 2.05) is 24.3 Å². The van der Waals surface area contributed by atoms with Gasteiger partial charge in [0.1, 0.15) is 18.3 Å². The molecule has 2 heterocycles. The van der Waals surface area contributed by atoms with Crippen molar-refractivity contribution in [3.63, 3.8) is 0 Å². The predicted octanol–water partition coefficient (Wildman–Crippen LogP) is 1.03. The molecular weight excluding hydrogens is 244 g/mol. The third-order valence-corrected chi connectivity index (χ3v) is 3.61. The Bertz CT molecular complexity index is 517. The average molecular weight is 260 g/mol. The van der Waals surface area contributed by atoms with E-state index in [0.29, 0.717) is 6.54 Å². The van der Waals surface area contributed by atoms with Crippen molar-refractivity contribution >= 4 is 6.03 Å². The zero-order valence-corrected chi connectivity index (χ0v) is 10.4. The van der Waals surface area contributed by atoms with Crippen molar-refractivity contribution in [3.05, 3.63) is 48.0 Å². The number of benzene rings is 1. The lowest BCUT2D eigenvalue weighted by molar-refractivity contribution is 0.0299. The average Bonchev–Trinajstić information content (AvgIpc) is 2.95. The van der Waals surface area contributed by atoms with Crippen molar-refractivity contribution in [2.75, 3.05) is 6.54 Å². The van der Waals surface area contributed by atoms with Crippen molar-refractivity contribution in [1.29, 1.82) is 0 Å². The SMILES string of the molecule is C=CCNC(=O)N[C@H]1[C@H](O)[C@@H]2O[C@H]1c1ccccc12. The van der Waals surface area contributed by atoms with Crippen LogP contribution >= 0.6 is 0 Å². The van der Waals surface area contributed by atoms with Crippen molar-refractivity contribution in [3.8, 4) is 0 Å². The molecule has 5 nitrogen and oxygen atoms in total. The van der Waals surface area contributed by atoms with Crippen molar-refractivity contribution < 1.29 is 14.6 Å². The highest BCUT2D eigenvalue weighted by atomic mass is 16.5. The Labute approximate surface area is 111 Å². The molecule has 1 saturated heterocycles. The molecule has 3 N–H and O–H groups in total. The molecule has 1 aromatic rings. The van der Waals surface area contributed by atoms with Crippen molar-refractivity contribution in [2.24, 2.45) is 0 Å². The molecule has 0 aromatic heterocycles. The molecule has 1 aromatic carbocycles. The van der Waals surface area contributed by atoms with E-state index >= 15 is 0 Å². The van der Waals surface area contributed by atoms with Crippen LogP contribution in [0.3, 0.4) is 0 Å². The summed E-state index contributed by atoms with van der Waals surface area (Å²) in [5, 5.41) is 15.6. The minimum Gasteiger partial charge on any atom is -0.388 e. The van der Waals surface area contributed by atoms with Gasteiger partial charge in [0.2, 0.25) is 0 Å². The Hall–Kier alpha value is -1.85. The fraction of sp³-hybridized carbons (Fsp3) is 0.357. The molecule has 0 spiro atoms. The quantitative estimate of drug-likeness (QED) is 0.711. The highest BCUT2D eigenvalue weighted by Crippen LogP contribution is 2.50. The molecule has 4 atom stereocenters. The second kappa shape index (κ2) is 4.68. The van der Waals surface area contributed by atoms with Gasteiger partial charge in [0.25, 0.3) is 0 Å². The fourth-order valence-electron chi connectivity index (χ4n) is 2.77. The van der Waals surface area contributed by atoms with Gasteiger partial charge in [-0.05, 0) is 11.1 Å². The van der Waals surface area contributed by atoms with Gasteiger partial charge in [-0.25, -0.2) is 4.79 Å². The Morgan fingerprint density at radius 1 is 1.37 bits per heavy atom. The highest BCUT2D eigenvalue weighted by molar-refractivity contribution is 5.74. The molecule has 19 heavy (non-hydrogen) atoms. The van der Waals surface area contributed by atoms with Crippen LogP contribution in [-0.2, 0) is 4.74 Å². The summed E-state index contributed by atoms with van der Waals surface area (Å²) in [6.07, 6.45) is 0.272. The summed E-state index contributed by atoms with van der Waals surface area (Å²) in [6, 6.07) is 7.06. The molecule has 3 rings (SSSR count). The molecule has 2 aliphatic rings. The van der Waals surface area contributed by atoms with E-state index in [2.05, 4.69) is 17.2 Å². The zero-order chi connectivity index (χ0) is 13.4. The minimum atomic E-state index is -0.714. The fourth-order valence-corrected chi connectivity index (χ4v) is 2.77. The van der Waals surface area contributed by atoms with E-state index in [4.69, 9.17) is 4.74 Å². The molecule has 2 amide bonds. The summed E-state index contributed by atoms with van der Waals surface area (Å²) in [5.74, 6) is 0. The Morgan fingerprint density at radius 3 is 2.74 bits per heavy atom. The van der Waals surface area contributed by atoms with Crippen LogP contribution in [0.2, 0.25) is 0 Å². The molecule has 2 bridgehead atoms. The third-order valence-electron chi connectivity index (χ3n) is 3.61. The van der Waals surface area contributed by atoms with Gasteiger partial charge in [0.05, 0.1) is 6.04 Å². The number of aliphatic hydroxyl groups is 1. The van der Waals surface area contributed by atoms with Crippen LogP contribution in [-0.4, -0.2) is 29.8 Å². The maximum Gasteiger partial charge on any atom is 0.315 e. The number of fused-ring (bicyclic) bond motifs is 5. The lowest BCUT2D eigenvalue weighted by atomic mass is 9.86. The van der Waals surface area contributed by atoms with Crippen molar-refractivity contribution in [2.45, 2.75) is 24.4 Å². The minimum absolute atomic E-state index is 0.273. The molecule has 1 fully saturated rings. The van der Waals surface area contributed by atoms with Crippen LogP contribution in [0.4, 0.5) is 4.79 Å². The summed E-state index contributed by atoms with van der Waals surface area (Å²) in [6.45, 7) is 3.92. The molecule has 0 saturated carbocycles. The lowest BCUT2D eigenvalue weighted by Gasteiger charge is -2.26. The van der Waals surface area contributed by atoms with Crippen LogP contribution in [0.1, 0.15) is 23.3 Å². The predicted molar refractivity (Wildman–Crippen MR) is 69.5 cm³/mol. The zero-order valence-electron chi connectivity index (χ0n) is 10.4. The smallest absolute Gasteiger partial charge is 0.315 e. The van der Waals surface area contributed by atoms with Gasteiger partial charge in [0.15, 0.2) is 0 Å². The molecule has 0 unspecified atom stereocenters. The number of aliphatic hydroxyl groups excluding tert-OH is 1. The van der Waals surface area contributed by atoms with E-state index in [0.717, 1.165) is 11.1 Å². The van der Waals surface area contributed by atoms with Gasteiger partial charge in [-0.1, -0.05) is 30.3 Å². The molecule has 2 aliphatic heterocycles. The second-order valence-corrected chi connectivity index (χ2v) is 4.77. The number of hydrogen-bond donors (Lipinski definition) is 3. The van der Waals surface area contributed by atoms with Gasteiger partial charge < -0.3 is 20.5 Å². The van der Waals surface area contributed by atoms with Gasteiger partial charge in [-0.2, -0.15) is 0 Å². The molecular formula is C14H16N2O3. The van der Waals surface area contributed by atoms with Gasteiger partial charge >= 0.3 is 6.03 Å². The summed E-state index contributed by atoms with van der Waals surface area (Å²) in [7, 11) is 0. The lowest BCUT2D eigenvalue weighted by Crippen LogP contribution is -2.49. The number of nitrogens with one attached hydrogen (secondary N) is 2. The molecule has 100 valence electrons. The van der Waals surface area contributed by atoms with E-state index in [-0.39, 0.29) is 18.2 Å². The maximum absolute atomic E-state index is 11.7. The first-order valence-electron chi connectivity index (χ1n) is 6.30. The number of rotatable bonds is 3. The molecule has 5 heteroatoms. The van der Waals surface area contributed by atoms with Crippen molar-refractivity contribution in [1.82, 2.24) is 10.6 Å². The Balaban J connectivity index is 1.76. The van der Waals surface area contributed by atoms with E-state index in [9.17, 15) is 9.90 Å². The topological polar surface area (TPSA) is 70.6 Å². The van der Waals surface area contributed by atoms with Crippen LogP contribution < -0.4 is 10.6 Å². The number of hydrogen-bond acceptors (Lipinski definition) is 3. The first-order chi connectivity index (χ1) is 9.22. The Kier molecular flexibility index (Phi) is 3.00. The number of carbonyl (C=O) groups excluding carboxylic acids is 1.